The lowest BCUT2D eigenvalue weighted by atomic mass is 9.97. The Kier molecular flexibility index (Phi) is 6.23. The fraction of sp³-hybridized carbons (Fsp3) is 0.600. The van der Waals surface area contributed by atoms with Gasteiger partial charge in [0, 0.05) is 40.2 Å². The molecule has 1 aromatic rings. The van der Waals surface area contributed by atoms with E-state index in [1.165, 1.54) is 4.88 Å². The maximum absolute atomic E-state index is 12.4. The third-order valence-corrected chi connectivity index (χ3v) is 5.60. The van der Waals surface area contributed by atoms with Gasteiger partial charge >= 0.3 is 5.97 Å². The Morgan fingerprint density at radius 3 is 2.86 bits per heavy atom. The number of carbonyl (C=O) groups excluding carboxylic acids is 1. The summed E-state index contributed by atoms with van der Waals surface area (Å²) in [7, 11) is 0. The molecule has 0 aromatic carbocycles. The van der Waals surface area contributed by atoms with Gasteiger partial charge in [0.1, 0.15) is 0 Å². The number of piperidine rings is 1. The first-order valence-electron chi connectivity index (χ1n) is 7.30. The molecule has 1 aromatic heterocycles. The van der Waals surface area contributed by atoms with Crippen molar-refractivity contribution in [3.63, 3.8) is 0 Å². The zero-order valence-corrected chi connectivity index (χ0v) is 14.3. The molecular formula is C15H20BrNO3S. The van der Waals surface area contributed by atoms with Crippen molar-refractivity contribution in [2.24, 2.45) is 0 Å². The lowest BCUT2D eigenvalue weighted by molar-refractivity contribution is -0.140. The third-order valence-electron chi connectivity index (χ3n) is 3.85. The standard InChI is InChI=1S/C15H20BrNO3S/c16-11-9-13(21-10-11)5-6-14(18)17-8-2-1-3-12(17)4-7-15(19)20/h9-10,12H,1-8H2,(H,19,20)/t12-/m1/s1. The fourth-order valence-corrected chi connectivity index (χ4v) is 4.23. The van der Waals surface area contributed by atoms with E-state index < -0.39 is 5.97 Å². The van der Waals surface area contributed by atoms with Crippen molar-refractivity contribution in [3.8, 4) is 0 Å². The number of hydrogen-bond donors (Lipinski definition) is 1. The molecule has 1 aliphatic heterocycles. The van der Waals surface area contributed by atoms with Crippen molar-refractivity contribution >= 4 is 39.1 Å². The van der Waals surface area contributed by atoms with Gasteiger partial charge in [0.2, 0.25) is 5.91 Å². The minimum Gasteiger partial charge on any atom is -0.481 e. The minimum atomic E-state index is -0.781. The van der Waals surface area contributed by atoms with Crippen molar-refractivity contribution < 1.29 is 14.7 Å². The van der Waals surface area contributed by atoms with E-state index in [2.05, 4.69) is 22.0 Å². The molecule has 0 unspecified atom stereocenters. The number of carboxylic acids is 1. The highest BCUT2D eigenvalue weighted by Crippen LogP contribution is 2.24. The summed E-state index contributed by atoms with van der Waals surface area (Å²) in [6, 6.07) is 2.16. The molecule has 6 heteroatoms. The van der Waals surface area contributed by atoms with E-state index in [0.717, 1.165) is 36.7 Å². The largest absolute Gasteiger partial charge is 0.481 e. The van der Waals surface area contributed by atoms with Gasteiger partial charge in [-0.3, -0.25) is 9.59 Å². The number of hydrogen-bond acceptors (Lipinski definition) is 3. The Hall–Kier alpha value is -0.880. The van der Waals surface area contributed by atoms with Crippen LogP contribution in [0.3, 0.4) is 0 Å². The number of halogens is 1. The van der Waals surface area contributed by atoms with Crippen LogP contribution in [0.2, 0.25) is 0 Å². The molecule has 1 atom stereocenters. The van der Waals surface area contributed by atoms with Crippen molar-refractivity contribution in [3.05, 3.63) is 20.8 Å². The molecule has 21 heavy (non-hydrogen) atoms. The van der Waals surface area contributed by atoms with Crippen molar-refractivity contribution in [1.29, 1.82) is 0 Å². The molecule has 0 spiro atoms. The number of likely N-dealkylation sites (tertiary alicyclic amines) is 1. The third kappa shape index (κ3) is 5.11. The van der Waals surface area contributed by atoms with Crippen LogP contribution in [-0.2, 0) is 16.0 Å². The van der Waals surface area contributed by atoms with E-state index >= 15 is 0 Å². The summed E-state index contributed by atoms with van der Waals surface area (Å²) in [6.45, 7) is 0.775. The number of carbonyl (C=O) groups is 2. The summed E-state index contributed by atoms with van der Waals surface area (Å²) >= 11 is 5.08. The number of amides is 1. The molecule has 1 N–H and O–H groups in total. The van der Waals surface area contributed by atoms with Crippen LogP contribution in [0.15, 0.2) is 15.9 Å². The summed E-state index contributed by atoms with van der Waals surface area (Å²) in [6.07, 6.45) is 5.04. The Bertz CT molecular complexity index is 503. The van der Waals surface area contributed by atoms with Gasteiger partial charge in [0.15, 0.2) is 0 Å². The Morgan fingerprint density at radius 1 is 1.38 bits per heavy atom. The van der Waals surface area contributed by atoms with Crippen LogP contribution in [0, 0.1) is 0 Å². The number of nitrogens with zero attached hydrogens (tertiary/aromatic N) is 1. The molecule has 0 aliphatic carbocycles. The fourth-order valence-electron chi connectivity index (χ4n) is 2.78. The summed E-state index contributed by atoms with van der Waals surface area (Å²) in [5.41, 5.74) is 0. The van der Waals surface area contributed by atoms with E-state index in [0.29, 0.717) is 12.8 Å². The number of rotatable bonds is 6. The van der Waals surface area contributed by atoms with Gasteiger partial charge in [0.25, 0.3) is 0 Å². The predicted octanol–water partition coefficient (Wildman–Crippen LogP) is 3.69. The highest BCUT2D eigenvalue weighted by atomic mass is 79.9. The van der Waals surface area contributed by atoms with Gasteiger partial charge in [-0.15, -0.1) is 11.3 Å². The maximum atomic E-state index is 12.4. The summed E-state index contributed by atoms with van der Waals surface area (Å²) in [5.74, 6) is -0.619. The van der Waals surface area contributed by atoms with Crippen molar-refractivity contribution in [1.82, 2.24) is 4.90 Å². The van der Waals surface area contributed by atoms with Crippen LogP contribution in [-0.4, -0.2) is 34.5 Å². The first kappa shape index (κ1) is 16.5. The second-order valence-electron chi connectivity index (χ2n) is 5.40. The monoisotopic (exact) mass is 373 g/mol. The number of aryl methyl sites for hydroxylation is 1. The van der Waals surface area contributed by atoms with E-state index in [9.17, 15) is 9.59 Å². The molecule has 1 saturated heterocycles. The van der Waals surface area contributed by atoms with Crippen LogP contribution in [0.25, 0.3) is 0 Å². The quantitative estimate of drug-likeness (QED) is 0.826. The van der Waals surface area contributed by atoms with Crippen LogP contribution in [0.4, 0.5) is 0 Å². The number of aliphatic carboxylic acids is 1. The smallest absolute Gasteiger partial charge is 0.303 e. The van der Waals surface area contributed by atoms with E-state index in [-0.39, 0.29) is 18.4 Å². The highest BCUT2D eigenvalue weighted by Gasteiger charge is 2.26. The lowest BCUT2D eigenvalue weighted by Gasteiger charge is -2.35. The SMILES string of the molecule is O=C(O)CC[C@H]1CCCCN1C(=O)CCc1cc(Br)cs1. The van der Waals surface area contributed by atoms with Crippen molar-refractivity contribution in [2.75, 3.05) is 6.54 Å². The molecule has 4 nitrogen and oxygen atoms in total. The Balaban J connectivity index is 1.87. The second kappa shape index (κ2) is 7.94. The van der Waals surface area contributed by atoms with Gasteiger partial charge < -0.3 is 10.0 Å². The maximum Gasteiger partial charge on any atom is 0.303 e. The second-order valence-corrected chi connectivity index (χ2v) is 7.31. The number of thiophene rings is 1. The van der Waals surface area contributed by atoms with Crippen LogP contribution < -0.4 is 0 Å². The number of carboxylic acid groups (broad SMARTS) is 1. The summed E-state index contributed by atoms with van der Waals surface area (Å²) in [4.78, 5) is 26.2. The molecule has 0 radical (unpaired) electrons. The average molecular weight is 374 g/mol. The topological polar surface area (TPSA) is 57.6 Å². The molecule has 1 aliphatic rings. The molecule has 0 bridgehead atoms. The Morgan fingerprint density at radius 2 is 2.19 bits per heavy atom. The normalized spacial score (nSPS) is 18.7. The summed E-state index contributed by atoms with van der Waals surface area (Å²) in [5, 5.41) is 10.8. The lowest BCUT2D eigenvalue weighted by Crippen LogP contribution is -2.44. The highest BCUT2D eigenvalue weighted by molar-refractivity contribution is 9.10. The van der Waals surface area contributed by atoms with Crippen molar-refractivity contribution in [2.45, 2.75) is 51.0 Å². The van der Waals surface area contributed by atoms with Gasteiger partial charge in [0.05, 0.1) is 0 Å². The first-order chi connectivity index (χ1) is 10.1. The van der Waals surface area contributed by atoms with E-state index in [1.54, 1.807) is 11.3 Å². The molecule has 2 heterocycles. The van der Waals surface area contributed by atoms with Crippen LogP contribution in [0.5, 0.6) is 0 Å². The zero-order valence-electron chi connectivity index (χ0n) is 11.9. The molecule has 1 fully saturated rings. The van der Waals surface area contributed by atoms with Gasteiger partial charge in [-0.05, 0) is 54.1 Å². The van der Waals surface area contributed by atoms with Crippen LogP contribution >= 0.6 is 27.3 Å². The van der Waals surface area contributed by atoms with Gasteiger partial charge in [-0.1, -0.05) is 0 Å². The zero-order chi connectivity index (χ0) is 15.2. The molecule has 116 valence electrons. The van der Waals surface area contributed by atoms with E-state index in [4.69, 9.17) is 5.11 Å². The molecular weight excluding hydrogens is 354 g/mol. The minimum absolute atomic E-state index is 0.109. The first-order valence-corrected chi connectivity index (χ1v) is 8.97. The van der Waals surface area contributed by atoms with E-state index in [1.807, 2.05) is 10.3 Å². The van der Waals surface area contributed by atoms with Crippen LogP contribution in [0.1, 0.15) is 43.4 Å². The molecule has 1 amide bonds. The average Bonchev–Trinajstić information content (AvgIpc) is 2.88. The Labute approximate surface area is 137 Å². The van der Waals surface area contributed by atoms with Gasteiger partial charge in [-0.2, -0.15) is 0 Å². The summed E-state index contributed by atoms with van der Waals surface area (Å²) < 4.78 is 1.06. The molecule has 2 rings (SSSR count). The van der Waals surface area contributed by atoms with Gasteiger partial charge in [-0.25, -0.2) is 0 Å². The molecule has 0 saturated carbocycles. The predicted molar refractivity (Wildman–Crippen MR) is 86.6 cm³/mol.